The molecule has 13 heteroatoms. The van der Waals surface area contributed by atoms with Crippen LogP contribution in [0.5, 0.6) is 0 Å². The highest BCUT2D eigenvalue weighted by molar-refractivity contribution is 7.91. The number of alkyl carbamates (subject to hydrolysis) is 1. The fourth-order valence-electron chi connectivity index (χ4n) is 6.61. The van der Waals surface area contributed by atoms with Gasteiger partial charge in [0.05, 0.1) is 11.8 Å². The van der Waals surface area contributed by atoms with Gasteiger partial charge in [-0.3, -0.25) is 19.1 Å². The first-order chi connectivity index (χ1) is 23.2. The molecule has 0 radical (unpaired) electrons. The van der Waals surface area contributed by atoms with Crippen molar-refractivity contribution in [2.24, 2.45) is 11.3 Å². The van der Waals surface area contributed by atoms with Crippen LogP contribution in [0.4, 0.5) is 4.79 Å². The number of benzene rings is 2. The van der Waals surface area contributed by atoms with Gasteiger partial charge < -0.3 is 25.0 Å². The zero-order valence-electron chi connectivity index (χ0n) is 30.2. The van der Waals surface area contributed by atoms with Crippen LogP contribution in [0.2, 0.25) is 0 Å². The molecule has 50 heavy (non-hydrogen) atoms. The zero-order valence-corrected chi connectivity index (χ0v) is 31.0. The third kappa shape index (κ3) is 7.83. The second-order valence-corrected chi connectivity index (χ2v) is 18.0. The number of hydrogen-bond donors (Lipinski definition) is 3. The van der Waals surface area contributed by atoms with Crippen LogP contribution in [0.15, 0.2) is 54.6 Å². The van der Waals surface area contributed by atoms with Crippen LogP contribution in [-0.4, -0.2) is 79.3 Å². The van der Waals surface area contributed by atoms with Gasteiger partial charge in [-0.2, -0.15) is 0 Å². The Bertz CT molecular complexity index is 1730. The first-order valence-corrected chi connectivity index (χ1v) is 18.7. The van der Waals surface area contributed by atoms with E-state index in [1.54, 1.807) is 48.5 Å². The van der Waals surface area contributed by atoms with E-state index in [4.69, 9.17) is 9.47 Å². The Labute approximate surface area is 295 Å². The van der Waals surface area contributed by atoms with Gasteiger partial charge in [-0.1, -0.05) is 82.3 Å². The zero-order chi connectivity index (χ0) is 36.9. The molecule has 4 amide bonds. The van der Waals surface area contributed by atoms with Crippen LogP contribution in [0.3, 0.4) is 0 Å². The molecule has 1 aliphatic heterocycles. The number of nitrogens with one attached hydrogen (secondary N) is 3. The number of nitrogens with zero attached hydrogens (tertiary/aromatic N) is 1. The molecule has 12 nitrogen and oxygen atoms in total. The van der Waals surface area contributed by atoms with Crippen LogP contribution in [-0.2, 0) is 39.5 Å². The van der Waals surface area contributed by atoms with Crippen molar-refractivity contribution in [3.63, 3.8) is 0 Å². The summed E-state index contributed by atoms with van der Waals surface area (Å²) in [6.45, 7) is 12.3. The lowest BCUT2D eigenvalue weighted by Gasteiger charge is -2.36. The van der Waals surface area contributed by atoms with E-state index in [1.165, 1.54) is 12.0 Å². The first-order valence-electron chi connectivity index (χ1n) is 17.1. The summed E-state index contributed by atoms with van der Waals surface area (Å²) in [6.07, 6.45) is 0.469. The number of rotatable bonds is 10. The fraction of sp³-hybridized carbons (Fsp3) is 0.568. The minimum absolute atomic E-state index is 0.0293. The summed E-state index contributed by atoms with van der Waals surface area (Å²) >= 11 is 0. The maximum absolute atomic E-state index is 14.6. The second-order valence-electron chi connectivity index (χ2n) is 16.0. The Morgan fingerprint density at radius 3 is 1.98 bits per heavy atom. The summed E-state index contributed by atoms with van der Waals surface area (Å²) in [4.78, 5) is 56.7. The highest BCUT2D eigenvalue weighted by Crippen LogP contribution is 2.46. The molecule has 2 aromatic rings. The van der Waals surface area contributed by atoms with E-state index >= 15 is 0 Å². The number of carbonyl (C=O) groups excluding carboxylic acids is 4. The van der Waals surface area contributed by atoms with E-state index in [2.05, 4.69) is 15.4 Å². The van der Waals surface area contributed by atoms with Crippen LogP contribution in [0.1, 0.15) is 79.7 Å². The maximum atomic E-state index is 14.6. The van der Waals surface area contributed by atoms with E-state index in [9.17, 15) is 27.6 Å². The highest BCUT2D eigenvalue weighted by Gasteiger charge is 2.62. The molecule has 5 atom stereocenters. The third-order valence-electron chi connectivity index (χ3n) is 9.85. The lowest BCUT2D eigenvalue weighted by Crippen LogP contribution is -2.60. The molecule has 2 saturated carbocycles. The van der Waals surface area contributed by atoms with Crippen molar-refractivity contribution < 1.29 is 37.1 Å². The molecule has 3 fully saturated rings. The molecule has 272 valence electrons. The van der Waals surface area contributed by atoms with Crippen molar-refractivity contribution in [2.75, 3.05) is 13.7 Å². The molecule has 0 spiro atoms. The van der Waals surface area contributed by atoms with E-state index in [1.807, 2.05) is 54.6 Å². The van der Waals surface area contributed by atoms with Crippen molar-refractivity contribution in [2.45, 2.75) is 108 Å². The largest absolute Gasteiger partial charge is 0.444 e. The highest BCUT2D eigenvalue weighted by atomic mass is 32.2. The van der Waals surface area contributed by atoms with Crippen LogP contribution >= 0.6 is 0 Å². The molecule has 0 bridgehead atoms. The fourth-order valence-corrected chi connectivity index (χ4v) is 7.97. The van der Waals surface area contributed by atoms with Gasteiger partial charge in [0.2, 0.25) is 21.8 Å². The predicted octanol–water partition coefficient (Wildman–Crippen LogP) is 4.24. The van der Waals surface area contributed by atoms with Gasteiger partial charge >= 0.3 is 6.09 Å². The minimum atomic E-state index is -3.85. The number of methoxy groups -OCH3 is 1. The minimum Gasteiger partial charge on any atom is -0.444 e. The van der Waals surface area contributed by atoms with Crippen LogP contribution in [0.25, 0.3) is 11.1 Å². The Balaban J connectivity index is 1.48. The van der Waals surface area contributed by atoms with Crippen LogP contribution in [0, 0.1) is 11.3 Å². The molecule has 1 heterocycles. The lowest BCUT2D eigenvalue weighted by molar-refractivity contribution is -0.143. The lowest BCUT2D eigenvalue weighted by atomic mass is 9.85. The van der Waals surface area contributed by atoms with Crippen molar-refractivity contribution in [3.8, 4) is 11.1 Å². The monoisotopic (exact) mass is 710 g/mol. The summed E-state index contributed by atoms with van der Waals surface area (Å²) in [7, 11) is -2.33. The van der Waals surface area contributed by atoms with E-state index in [0.29, 0.717) is 12.8 Å². The van der Waals surface area contributed by atoms with Gasteiger partial charge in [-0.25, -0.2) is 13.2 Å². The van der Waals surface area contributed by atoms with Crippen molar-refractivity contribution in [1.82, 2.24) is 20.3 Å². The van der Waals surface area contributed by atoms with Gasteiger partial charge in [-0.15, -0.1) is 0 Å². The maximum Gasteiger partial charge on any atom is 0.408 e. The number of ether oxygens (including phenoxy) is 2. The van der Waals surface area contributed by atoms with E-state index in [-0.39, 0.29) is 25.3 Å². The molecule has 3 aliphatic rings. The number of hydrogen-bond acceptors (Lipinski definition) is 8. The SMILES string of the molecule is CO[C@@]1(c2ccc(-c3ccccc3)cc2)C[C@@H](C(=O)N[C@]2(C(=O)NS(=O)(=O)C3CC3)C[C@H]2C)N(C(=O)C(NC(=O)OC(C)(C)C)C(C)(C)C)C1. The molecule has 5 rings (SSSR count). The molecular formula is C37H50N4O8S. The van der Waals surface area contributed by atoms with Gasteiger partial charge in [0.15, 0.2) is 0 Å². The second kappa shape index (κ2) is 13.3. The van der Waals surface area contributed by atoms with Crippen molar-refractivity contribution in [1.29, 1.82) is 0 Å². The summed E-state index contributed by atoms with van der Waals surface area (Å²) in [5.41, 5.74) is -1.43. The number of amides is 4. The summed E-state index contributed by atoms with van der Waals surface area (Å²) in [6, 6.07) is 15.4. The third-order valence-corrected chi connectivity index (χ3v) is 11.7. The first kappa shape index (κ1) is 37.3. The standard InChI is InChI=1S/C37H50N4O8S/c1-23-20-37(23,32(44)40-50(46,47)27-18-19-27)39-30(42)28-21-36(48-8,26-16-14-25(15-17-26)24-12-10-9-11-13-24)22-41(28)31(43)29(34(2,3)4)38-33(45)49-35(5,6)7/h9-17,23,27-29H,18-22H2,1-8H3,(H,38,45)(H,39,42)(H,40,44)/t23-,28+,29?,36+,37-/m1/s1. The topological polar surface area (TPSA) is 160 Å². The smallest absolute Gasteiger partial charge is 0.408 e. The Hall–Kier alpha value is -3.97. The number of carbonyl (C=O) groups is 4. The van der Waals surface area contributed by atoms with Gasteiger partial charge in [0.1, 0.15) is 28.8 Å². The average molecular weight is 711 g/mol. The van der Waals surface area contributed by atoms with Gasteiger partial charge in [0, 0.05) is 13.5 Å². The Morgan fingerprint density at radius 2 is 1.48 bits per heavy atom. The molecular weight excluding hydrogens is 660 g/mol. The Morgan fingerprint density at radius 1 is 0.900 bits per heavy atom. The normalized spacial score (nSPS) is 25.7. The molecule has 0 aromatic heterocycles. The molecule has 2 aromatic carbocycles. The number of sulfonamides is 1. The molecule has 2 aliphatic carbocycles. The molecule has 1 saturated heterocycles. The van der Waals surface area contributed by atoms with Gasteiger partial charge in [-0.05, 0) is 68.1 Å². The van der Waals surface area contributed by atoms with Crippen LogP contribution < -0.4 is 15.4 Å². The number of likely N-dealkylation sites (tertiary alicyclic amines) is 1. The summed E-state index contributed by atoms with van der Waals surface area (Å²) in [5.74, 6) is -2.26. The van der Waals surface area contributed by atoms with Crippen molar-refractivity contribution in [3.05, 3.63) is 60.2 Å². The van der Waals surface area contributed by atoms with E-state index in [0.717, 1.165) is 16.7 Å². The van der Waals surface area contributed by atoms with Crippen molar-refractivity contribution >= 4 is 33.8 Å². The predicted molar refractivity (Wildman–Crippen MR) is 188 cm³/mol. The Kier molecular flexibility index (Phi) is 9.92. The van der Waals surface area contributed by atoms with E-state index < -0.39 is 73.3 Å². The summed E-state index contributed by atoms with van der Waals surface area (Å²) < 4.78 is 39.1. The summed E-state index contributed by atoms with van der Waals surface area (Å²) in [5, 5.41) is 4.96. The van der Waals surface area contributed by atoms with Gasteiger partial charge in [0.25, 0.3) is 5.91 Å². The molecule has 1 unspecified atom stereocenters. The average Bonchev–Trinajstić information content (AvgIpc) is 3.96. The quantitative estimate of drug-likeness (QED) is 0.330. The molecule has 3 N–H and O–H groups in total.